The highest BCUT2D eigenvalue weighted by molar-refractivity contribution is 5.90. The van der Waals surface area contributed by atoms with E-state index in [-0.39, 0.29) is 11.6 Å². The van der Waals surface area contributed by atoms with E-state index in [2.05, 4.69) is 5.32 Å². The summed E-state index contributed by atoms with van der Waals surface area (Å²) >= 11 is 0. The molecule has 0 aliphatic carbocycles. The lowest BCUT2D eigenvalue weighted by Crippen LogP contribution is -2.42. The fraction of sp³-hybridized carbons (Fsp3) is 0.250. The molecule has 1 atom stereocenters. The van der Waals surface area contributed by atoms with E-state index in [1.165, 1.54) is 0 Å². The molecule has 1 N–H and O–H groups in total. The van der Waals surface area contributed by atoms with Crippen LogP contribution < -0.4 is 10.9 Å². The van der Waals surface area contributed by atoms with Crippen LogP contribution in [0.5, 0.6) is 0 Å². The minimum atomic E-state index is -0.466. The lowest BCUT2D eigenvalue weighted by Gasteiger charge is -2.32. The molecule has 0 saturated heterocycles. The molecule has 1 aromatic heterocycles. The van der Waals surface area contributed by atoms with Crippen molar-refractivity contribution >= 4 is 22.6 Å². The second-order valence-electron chi connectivity index (χ2n) is 8.32. The van der Waals surface area contributed by atoms with Gasteiger partial charge in [0.05, 0.1) is 29.2 Å². The van der Waals surface area contributed by atoms with E-state index < -0.39 is 6.04 Å². The Morgan fingerprint density at radius 1 is 1.03 bits per heavy atom. The summed E-state index contributed by atoms with van der Waals surface area (Å²) in [7, 11) is 1.60. The molecule has 1 heterocycles. The van der Waals surface area contributed by atoms with Gasteiger partial charge in [0, 0.05) is 19.3 Å². The number of nitrogens with zero attached hydrogens (tertiary/aromatic N) is 3. The lowest BCUT2D eigenvalue weighted by atomic mass is 10.1. The highest BCUT2D eigenvalue weighted by atomic mass is 16.5. The van der Waals surface area contributed by atoms with Crippen LogP contribution in [-0.2, 0) is 4.74 Å². The zero-order valence-corrected chi connectivity index (χ0v) is 20.3. The van der Waals surface area contributed by atoms with Crippen molar-refractivity contribution < 1.29 is 9.53 Å². The van der Waals surface area contributed by atoms with Crippen molar-refractivity contribution in [3.63, 3.8) is 0 Å². The molecule has 0 radical (unpaired) electrons. The number of carbonyl (C=O) groups excluding carboxylic acids is 1. The monoisotopic (exact) mass is 470 g/mol. The normalized spacial score (nSPS) is 11.9. The van der Waals surface area contributed by atoms with Crippen LogP contribution in [0.4, 0.5) is 10.5 Å². The van der Waals surface area contributed by atoms with Crippen LogP contribution in [0.3, 0.4) is 0 Å². The van der Waals surface area contributed by atoms with Crippen LogP contribution in [0.1, 0.15) is 30.8 Å². The van der Waals surface area contributed by atoms with Crippen molar-refractivity contribution in [2.24, 2.45) is 0 Å². The number of anilines is 1. The largest absolute Gasteiger partial charge is 0.383 e. The maximum atomic E-state index is 13.7. The van der Waals surface area contributed by atoms with Crippen molar-refractivity contribution in [3.8, 4) is 5.69 Å². The Bertz CT molecular complexity index is 1370. The second-order valence-corrected chi connectivity index (χ2v) is 8.32. The molecule has 4 rings (SSSR count). The molecular weight excluding hydrogens is 440 g/mol. The van der Waals surface area contributed by atoms with Gasteiger partial charge in [0.1, 0.15) is 5.82 Å². The summed E-state index contributed by atoms with van der Waals surface area (Å²) in [6, 6.07) is 23.6. The zero-order chi connectivity index (χ0) is 24.8. The van der Waals surface area contributed by atoms with E-state index in [9.17, 15) is 9.59 Å². The summed E-state index contributed by atoms with van der Waals surface area (Å²) in [6.07, 6.45) is 0.558. The standard InChI is InChI=1S/C28H30N4O3/c1-4-25(31(18-19-35-3)28(34)30-23-16-10-8-12-20(23)2)26-29-24-17-11-9-15-22(24)27(33)32(26)21-13-6-5-7-14-21/h5-17,25H,4,18-19H2,1-3H3,(H,30,34). The van der Waals surface area contributed by atoms with Gasteiger partial charge in [-0.1, -0.05) is 55.5 Å². The van der Waals surface area contributed by atoms with Crippen molar-refractivity contribution in [1.82, 2.24) is 14.5 Å². The third-order valence-electron chi connectivity index (χ3n) is 6.06. The Kier molecular flexibility index (Phi) is 7.57. The number of rotatable bonds is 8. The van der Waals surface area contributed by atoms with Crippen molar-refractivity contribution in [3.05, 3.63) is 101 Å². The molecule has 1 unspecified atom stereocenters. The number of aryl methyl sites for hydroxylation is 1. The Morgan fingerprint density at radius 2 is 1.71 bits per heavy atom. The predicted molar refractivity (Wildman–Crippen MR) is 139 cm³/mol. The fourth-order valence-corrected chi connectivity index (χ4v) is 4.23. The summed E-state index contributed by atoms with van der Waals surface area (Å²) in [6.45, 7) is 4.62. The van der Waals surface area contributed by atoms with Gasteiger partial charge in [-0.25, -0.2) is 9.78 Å². The summed E-state index contributed by atoms with van der Waals surface area (Å²) in [5.74, 6) is 0.512. The van der Waals surface area contributed by atoms with Gasteiger partial charge >= 0.3 is 6.03 Å². The van der Waals surface area contributed by atoms with E-state index in [1.807, 2.05) is 86.6 Å². The first-order valence-corrected chi connectivity index (χ1v) is 11.7. The molecule has 7 heteroatoms. The van der Waals surface area contributed by atoms with Crippen LogP contribution in [0.2, 0.25) is 0 Å². The molecule has 0 bridgehead atoms. The number of benzene rings is 3. The predicted octanol–water partition coefficient (Wildman–Crippen LogP) is 5.33. The first-order chi connectivity index (χ1) is 17.0. The lowest BCUT2D eigenvalue weighted by molar-refractivity contribution is 0.131. The molecule has 0 spiro atoms. The smallest absolute Gasteiger partial charge is 0.322 e. The van der Waals surface area contributed by atoms with Crippen LogP contribution >= 0.6 is 0 Å². The van der Waals surface area contributed by atoms with E-state index in [0.717, 1.165) is 11.3 Å². The Balaban J connectivity index is 1.86. The van der Waals surface area contributed by atoms with Gasteiger partial charge < -0.3 is 15.0 Å². The van der Waals surface area contributed by atoms with Crippen LogP contribution in [0, 0.1) is 6.92 Å². The van der Waals surface area contributed by atoms with E-state index in [1.54, 1.807) is 22.6 Å². The Morgan fingerprint density at radius 3 is 2.43 bits per heavy atom. The molecule has 0 saturated carbocycles. The Labute approximate surface area is 205 Å². The summed E-state index contributed by atoms with van der Waals surface area (Å²) in [5, 5.41) is 3.56. The number of nitrogens with one attached hydrogen (secondary N) is 1. The van der Waals surface area contributed by atoms with Gasteiger partial charge in [-0.05, 0) is 49.2 Å². The number of amides is 2. The van der Waals surface area contributed by atoms with Crippen molar-refractivity contribution in [2.45, 2.75) is 26.3 Å². The van der Waals surface area contributed by atoms with Crippen LogP contribution in [0.25, 0.3) is 16.6 Å². The third-order valence-corrected chi connectivity index (χ3v) is 6.06. The number of urea groups is 1. The number of hydrogen-bond acceptors (Lipinski definition) is 4. The van der Waals surface area contributed by atoms with Crippen molar-refractivity contribution in [1.29, 1.82) is 0 Å². The molecular formula is C28H30N4O3. The van der Waals surface area contributed by atoms with Gasteiger partial charge in [-0.3, -0.25) is 9.36 Å². The molecule has 2 amide bonds. The van der Waals surface area contributed by atoms with Crippen molar-refractivity contribution in [2.75, 3.05) is 25.6 Å². The maximum absolute atomic E-state index is 13.7. The molecule has 0 aliphatic rings. The molecule has 180 valence electrons. The molecule has 4 aromatic rings. The number of aromatic nitrogens is 2. The average Bonchev–Trinajstić information content (AvgIpc) is 2.88. The number of fused-ring (bicyclic) bond motifs is 1. The maximum Gasteiger partial charge on any atom is 0.322 e. The molecule has 3 aromatic carbocycles. The van der Waals surface area contributed by atoms with Gasteiger partial charge in [-0.15, -0.1) is 0 Å². The number of hydrogen-bond donors (Lipinski definition) is 1. The SMILES string of the molecule is CCC(c1nc2ccccc2c(=O)n1-c1ccccc1)N(CCOC)C(=O)Nc1ccccc1C. The van der Waals surface area contributed by atoms with Gasteiger partial charge in [-0.2, -0.15) is 0 Å². The van der Waals surface area contributed by atoms with Crippen LogP contribution in [0.15, 0.2) is 83.7 Å². The average molecular weight is 471 g/mol. The molecule has 0 fully saturated rings. The van der Waals surface area contributed by atoms with E-state index in [0.29, 0.717) is 42.0 Å². The number of para-hydroxylation sites is 3. The molecule has 7 nitrogen and oxygen atoms in total. The summed E-state index contributed by atoms with van der Waals surface area (Å²) in [4.78, 5) is 33.9. The number of carbonyl (C=O) groups is 1. The summed E-state index contributed by atoms with van der Waals surface area (Å²) < 4.78 is 6.95. The minimum absolute atomic E-state index is 0.166. The van der Waals surface area contributed by atoms with Gasteiger partial charge in [0.15, 0.2) is 0 Å². The van der Waals surface area contributed by atoms with E-state index >= 15 is 0 Å². The topological polar surface area (TPSA) is 76.5 Å². The first-order valence-electron chi connectivity index (χ1n) is 11.7. The molecule has 0 aliphatic heterocycles. The quantitative estimate of drug-likeness (QED) is 0.378. The highest BCUT2D eigenvalue weighted by Crippen LogP contribution is 2.27. The fourth-order valence-electron chi connectivity index (χ4n) is 4.23. The Hall–Kier alpha value is -3.97. The minimum Gasteiger partial charge on any atom is -0.383 e. The molecule has 35 heavy (non-hydrogen) atoms. The third kappa shape index (κ3) is 5.10. The van der Waals surface area contributed by atoms with Crippen LogP contribution in [-0.4, -0.2) is 40.7 Å². The van der Waals surface area contributed by atoms with Gasteiger partial charge in [0.25, 0.3) is 5.56 Å². The van der Waals surface area contributed by atoms with Gasteiger partial charge in [0.2, 0.25) is 0 Å². The number of methoxy groups -OCH3 is 1. The highest BCUT2D eigenvalue weighted by Gasteiger charge is 2.29. The van der Waals surface area contributed by atoms with E-state index in [4.69, 9.17) is 9.72 Å². The summed E-state index contributed by atoms with van der Waals surface area (Å²) in [5.41, 5.74) is 2.84. The number of ether oxygens (including phenoxy) is 1. The second kappa shape index (κ2) is 11.0. The first kappa shape index (κ1) is 24.2. The zero-order valence-electron chi connectivity index (χ0n) is 20.3.